The van der Waals surface area contributed by atoms with Crippen LogP contribution in [-0.4, -0.2) is 84.3 Å². The Labute approximate surface area is 216 Å². The summed E-state index contributed by atoms with van der Waals surface area (Å²) in [5.41, 5.74) is 5.43. The predicted octanol–water partition coefficient (Wildman–Crippen LogP) is -3.30. The molecule has 0 aromatic carbocycles. The molecule has 1 saturated heterocycles. The molecule has 0 saturated carbocycles. The maximum atomic E-state index is 13.0. The Balaban J connectivity index is 1.51. The van der Waals surface area contributed by atoms with E-state index in [-0.39, 0.29) is 41.2 Å². The Bertz CT molecular complexity index is 1330. The number of oxime groups is 1. The second-order valence-corrected chi connectivity index (χ2v) is 9.64. The van der Waals surface area contributed by atoms with E-state index in [9.17, 15) is 24.3 Å². The van der Waals surface area contributed by atoms with Crippen LogP contribution in [0.4, 0.5) is 10.9 Å². The number of β-lactam (4-membered cyclic amide) rings is 1. The summed E-state index contributed by atoms with van der Waals surface area (Å²) in [7, 11) is 2.90. The lowest BCUT2D eigenvalue weighted by atomic mass is 10.0. The van der Waals surface area contributed by atoms with Crippen LogP contribution in [0.25, 0.3) is 0 Å². The van der Waals surface area contributed by atoms with Crippen molar-refractivity contribution < 1.29 is 38.9 Å². The molecule has 0 bridgehead atoms. The van der Waals surface area contributed by atoms with Gasteiger partial charge in [-0.1, -0.05) is 5.16 Å². The fraction of sp³-hybridized carbons (Fsp3) is 0.368. The SMILES string of the molecule is CON=C(C(=O)N[C@@H]1C(=O)N2C(C(=O)[O-])=C(C[n+]3ccc(NCC(=O)O)n3C)CS[C@H]12)c1nsc(N)n1. The molecule has 2 aliphatic heterocycles. The number of thioether (sulfide) groups is 1. The number of carbonyl (C=O) groups excluding carboxylic acids is 3. The minimum atomic E-state index is -1.53. The third-order valence-electron chi connectivity index (χ3n) is 5.49. The Morgan fingerprint density at radius 3 is 2.81 bits per heavy atom. The lowest BCUT2D eigenvalue weighted by molar-refractivity contribution is -0.765. The van der Waals surface area contributed by atoms with Crippen molar-refractivity contribution in [3.8, 4) is 0 Å². The van der Waals surface area contributed by atoms with Crippen molar-refractivity contribution in [2.75, 3.05) is 30.5 Å². The molecule has 0 unspecified atom stereocenters. The molecule has 0 aliphatic carbocycles. The van der Waals surface area contributed by atoms with E-state index in [1.807, 2.05) is 0 Å². The molecule has 0 spiro atoms. The summed E-state index contributed by atoms with van der Waals surface area (Å²) in [5, 5.41) is 29.2. The number of nitrogens with two attached hydrogens (primary N) is 1. The molecule has 0 radical (unpaired) electrons. The van der Waals surface area contributed by atoms with Crippen molar-refractivity contribution in [3.63, 3.8) is 0 Å². The molecule has 1 fully saturated rings. The summed E-state index contributed by atoms with van der Waals surface area (Å²) < 4.78 is 7.20. The van der Waals surface area contributed by atoms with Gasteiger partial charge in [0.1, 0.15) is 25.1 Å². The summed E-state index contributed by atoms with van der Waals surface area (Å²) in [6.07, 6.45) is 1.65. The molecule has 5 N–H and O–H groups in total. The molecule has 2 amide bonds. The van der Waals surface area contributed by atoms with Crippen LogP contribution in [0.3, 0.4) is 0 Å². The predicted molar refractivity (Wildman–Crippen MR) is 127 cm³/mol. The number of rotatable bonds is 10. The minimum absolute atomic E-state index is 0.0730. The molecule has 4 rings (SSSR count). The number of nitrogens with zero attached hydrogens (tertiary/aromatic N) is 6. The maximum absolute atomic E-state index is 13.0. The van der Waals surface area contributed by atoms with E-state index in [0.717, 1.165) is 16.4 Å². The minimum Gasteiger partial charge on any atom is -0.543 e. The number of nitrogen functional groups attached to an aromatic ring is 1. The number of fused-ring (bicyclic) bond motifs is 1. The largest absolute Gasteiger partial charge is 0.543 e. The Morgan fingerprint density at radius 2 is 2.19 bits per heavy atom. The van der Waals surface area contributed by atoms with Gasteiger partial charge in [-0.3, -0.25) is 19.3 Å². The first-order valence-electron chi connectivity index (χ1n) is 10.5. The summed E-state index contributed by atoms with van der Waals surface area (Å²) >= 11 is 2.13. The Hall–Kier alpha value is -4.19. The van der Waals surface area contributed by atoms with Crippen molar-refractivity contribution >= 4 is 63.7 Å². The molecule has 16 nitrogen and oxygen atoms in total. The number of carbonyl (C=O) groups is 4. The van der Waals surface area contributed by atoms with Crippen LogP contribution in [0.15, 0.2) is 28.7 Å². The number of nitrogens with one attached hydrogen (secondary N) is 2. The van der Waals surface area contributed by atoms with Crippen molar-refractivity contribution in [3.05, 3.63) is 29.4 Å². The molecule has 2 aliphatic rings. The maximum Gasteiger partial charge on any atom is 0.322 e. The average molecular weight is 552 g/mol. The van der Waals surface area contributed by atoms with Gasteiger partial charge in [0.2, 0.25) is 11.5 Å². The highest BCUT2D eigenvalue weighted by Gasteiger charge is 2.53. The van der Waals surface area contributed by atoms with Gasteiger partial charge in [-0.15, -0.1) is 21.1 Å². The highest BCUT2D eigenvalue weighted by Crippen LogP contribution is 2.40. The summed E-state index contributed by atoms with van der Waals surface area (Å²) in [5.74, 6) is -3.31. The molecule has 4 heterocycles. The fourth-order valence-corrected chi connectivity index (χ4v) is 5.58. The topological polar surface area (TPSA) is 221 Å². The van der Waals surface area contributed by atoms with Gasteiger partial charge >= 0.3 is 5.97 Å². The molecule has 2 aromatic heterocycles. The van der Waals surface area contributed by atoms with Gasteiger partial charge in [0.25, 0.3) is 11.8 Å². The van der Waals surface area contributed by atoms with Crippen LogP contribution < -0.4 is 26.2 Å². The summed E-state index contributed by atoms with van der Waals surface area (Å²) in [6, 6.07) is 0.617. The van der Waals surface area contributed by atoms with Crippen LogP contribution in [0.2, 0.25) is 0 Å². The quantitative estimate of drug-likeness (QED) is 0.0987. The van der Waals surface area contributed by atoms with E-state index in [0.29, 0.717) is 11.4 Å². The Morgan fingerprint density at radius 1 is 1.43 bits per heavy atom. The second-order valence-electron chi connectivity index (χ2n) is 7.75. The molecular weight excluding hydrogens is 530 g/mol. The van der Waals surface area contributed by atoms with Crippen LogP contribution in [0.1, 0.15) is 5.82 Å². The van der Waals surface area contributed by atoms with Crippen molar-refractivity contribution in [1.82, 2.24) is 24.3 Å². The van der Waals surface area contributed by atoms with Gasteiger partial charge in [0.15, 0.2) is 23.7 Å². The number of carboxylic acid groups (broad SMARTS) is 2. The van der Waals surface area contributed by atoms with Crippen molar-refractivity contribution in [1.29, 1.82) is 0 Å². The van der Waals surface area contributed by atoms with Gasteiger partial charge in [-0.05, 0) is 0 Å². The van der Waals surface area contributed by atoms with E-state index < -0.39 is 35.2 Å². The van der Waals surface area contributed by atoms with E-state index in [1.165, 1.54) is 18.9 Å². The summed E-state index contributed by atoms with van der Waals surface area (Å²) in [4.78, 5) is 58.3. The fourth-order valence-electron chi connectivity index (χ4n) is 3.81. The average Bonchev–Trinajstić information content (AvgIpc) is 3.44. The third-order valence-corrected chi connectivity index (χ3v) is 7.37. The number of aliphatic carboxylic acids is 2. The number of anilines is 2. The monoisotopic (exact) mass is 551 g/mol. The van der Waals surface area contributed by atoms with Gasteiger partial charge in [-0.25, -0.2) is 0 Å². The van der Waals surface area contributed by atoms with Crippen molar-refractivity contribution in [2.45, 2.75) is 18.0 Å². The first-order valence-corrected chi connectivity index (χ1v) is 12.3. The number of hydrogen-bond acceptors (Lipinski definition) is 13. The zero-order valence-corrected chi connectivity index (χ0v) is 21.0. The standard InChI is InChI=1S/C19H21N9O7S2/c1-26-9(21-5-10(29)30)3-4-27(26)6-8-7-36-17-12(16(32)28(17)13(8)18(33)34)22-15(31)11(24-35-2)14-23-19(20)37-25-14/h3-4,12,17H,5-7H2,1-2H3,(H5,20,22,23,25,29,30,31,33,34)/t12-,17-/m1/s1. The van der Waals surface area contributed by atoms with Gasteiger partial charge in [-0.2, -0.15) is 9.36 Å². The van der Waals surface area contributed by atoms with Crippen LogP contribution >= 0.6 is 23.3 Å². The normalized spacial score (nSPS) is 19.2. The lowest BCUT2D eigenvalue weighted by Gasteiger charge is -2.50. The molecular formula is C19H21N9O7S2. The molecule has 18 heteroatoms. The van der Waals surface area contributed by atoms with E-state index in [2.05, 4.69) is 25.1 Å². The highest BCUT2D eigenvalue weighted by molar-refractivity contribution is 8.00. The lowest BCUT2D eigenvalue weighted by Crippen LogP contribution is -2.71. The molecule has 2 atom stereocenters. The van der Waals surface area contributed by atoms with Crippen LogP contribution in [-0.2, 0) is 37.6 Å². The van der Waals surface area contributed by atoms with E-state index in [1.54, 1.807) is 28.7 Å². The van der Waals surface area contributed by atoms with E-state index >= 15 is 0 Å². The van der Waals surface area contributed by atoms with Gasteiger partial charge in [0.05, 0.1) is 24.8 Å². The number of carboxylic acids is 2. The van der Waals surface area contributed by atoms with Gasteiger partial charge < -0.3 is 36.2 Å². The molecule has 37 heavy (non-hydrogen) atoms. The van der Waals surface area contributed by atoms with Crippen LogP contribution in [0.5, 0.6) is 0 Å². The van der Waals surface area contributed by atoms with Crippen molar-refractivity contribution in [2.24, 2.45) is 12.2 Å². The first kappa shape index (κ1) is 25.9. The molecule has 2 aromatic rings. The van der Waals surface area contributed by atoms with Gasteiger partial charge in [0, 0.05) is 22.9 Å². The number of aromatic nitrogens is 4. The summed E-state index contributed by atoms with van der Waals surface area (Å²) in [6.45, 7) is -0.183. The van der Waals surface area contributed by atoms with E-state index in [4.69, 9.17) is 15.7 Å². The number of amides is 2. The van der Waals surface area contributed by atoms with Crippen LogP contribution in [0, 0.1) is 0 Å². The highest BCUT2D eigenvalue weighted by atomic mass is 32.2. The second kappa shape index (κ2) is 10.4. The first-order chi connectivity index (χ1) is 17.6. The Kier molecular flexibility index (Phi) is 7.30. The molecule has 196 valence electrons. The zero-order chi connectivity index (χ0) is 26.9. The smallest absolute Gasteiger partial charge is 0.322 e. The zero-order valence-electron chi connectivity index (χ0n) is 19.4. The third kappa shape index (κ3) is 5.05. The number of hydrogen-bond donors (Lipinski definition) is 4.